The lowest BCUT2D eigenvalue weighted by atomic mass is 10.0. The van der Waals surface area contributed by atoms with E-state index in [-0.39, 0.29) is 19.4 Å². The molecular weight excluding hydrogens is 184 g/mol. The molecule has 0 heterocycles. The zero-order chi connectivity index (χ0) is 11.0. The lowest BCUT2D eigenvalue weighted by Crippen LogP contribution is -2.23. The van der Waals surface area contributed by atoms with Gasteiger partial charge in [0, 0.05) is 6.61 Å². The minimum atomic E-state index is -0.682. The Morgan fingerprint density at radius 3 is 1.79 bits per heavy atom. The van der Waals surface area contributed by atoms with Crippen LogP contribution in [0.1, 0.15) is 39.0 Å². The zero-order valence-electron chi connectivity index (χ0n) is 8.76. The maximum atomic E-state index is 9.44. The van der Waals surface area contributed by atoms with E-state index >= 15 is 0 Å². The third-order valence-electron chi connectivity index (χ3n) is 2.17. The van der Waals surface area contributed by atoms with Crippen molar-refractivity contribution in [2.75, 3.05) is 6.61 Å². The third kappa shape index (κ3) is 7.26. The van der Waals surface area contributed by atoms with Crippen molar-refractivity contribution in [1.82, 2.24) is 0 Å². The average molecular weight is 206 g/mol. The van der Waals surface area contributed by atoms with Crippen molar-refractivity contribution >= 4 is 0 Å². The molecule has 0 saturated carbocycles. The van der Waals surface area contributed by atoms with Crippen molar-refractivity contribution in [3.8, 4) is 0 Å². The summed E-state index contributed by atoms with van der Waals surface area (Å²) >= 11 is 0. The molecule has 0 amide bonds. The topological polar surface area (TPSA) is 80.9 Å². The SMILES string of the molecule is CCC[C@@H](O)C[C@H](O)C[C@@H](O)CCO. The van der Waals surface area contributed by atoms with Gasteiger partial charge < -0.3 is 20.4 Å². The average Bonchev–Trinajstić information content (AvgIpc) is 2.03. The van der Waals surface area contributed by atoms with Gasteiger partial charge in [-0.3, -0.25) is 0 Å². The van der Waals surface area contributed by atoms with E-state index in [1.165, 1.54) is 0 Å². The van der Waals surface area contributed by atoms with E-state index in [1.54, 1.807) is 0 Å². The summed E-state index contributed by atoms with van der Waals surface area (Å²) < 4.78 is 0. The highest BCUT2D eigenvalue weighted by Gasteiger charge is 2.15. The molecular formula is C10H22O4. The molecule has 86 valence electrons. The summed E-state index contributed by atoms with van der Waals surface area (Å²) in [6.07, 6.45) is 0.511. The first-order valence-electron chi connectivity index (χ1n) is 5.25. The van der Waals surface area contributed by atoms with Crippen molar-refractivity contribution in [3.05, 3.63) is 0 Å². The second kappa shape index (κ2) is 8.17. The van der Waals surface area contributed by atoms with E-state index in [0.717, 1.165) is 6.42 Å². The van der Waals surface area contributed by atoms with E-state index in [9.17, 15) is 15.3 Å². The fourth-order valence-corrected chi connectivity index (χ4v) is 1.44. The largest absolute Gasteiger partial charge is 0.396 e. The molecule has 0 unspecified atom stereocenters. The molecule has 0 bridgehead atoms. The van der Waals surface area contributed by atoms with Crippen LogP contribution in [0.2, 0.25) is 0 Å². The van der Waals surface area contributed by atoms with Gasteiger partial charge in [-0.15, -0.1) is 0 Å². The first kappa shape index (κ1) is 13.8. The van der Waals surface area contributed by atoms with Gasteiger partial charge >= 0.3 is 0 Å². The van der Waals surface area contributed by atoms with Gasteiger partial charge in [-0.25, -0.2) is 0 Å². The molecule has 14 heavy (non-hydrogen) atoms. The third-order valence-corrected chi connectivity index (χ3v) is 2.17. The predicted octanol–water partition coefficient (Wildman–Crippen LogP) is 0.0318. The maximum Gasteiger partial charge on any atom is 0.0589 e. The van der Waals surface area contributed by atoms with Crippen LogP contribution in [0.3, 0.4) is 0 Å². The Balaban J connectivity index is 3.57. The highest BCUT2D eigenvalue weighted by molar-refractivity contribution is 4.67. The first-order chi connectivity index (χ1) is 6.60. The first-order valence-corrected chi connectivity index (χ1v) is 5.25. The van der Waals surface area contributed by atoms with Crippen LogP contribution in [0.15, 0.2) is 0 Å². The fourth-order valence-electron chi connectivity index (χ4n) is 1.44. The van der Waals surface area contributed by atoms with Crippen molar-refractivity contribution in [2.45, 2.75) is 57.3 Å². The molecule has 4 nitrogen and oxygen atoms in total. The van der Waals surface area contributed by atoms with Gasteiger partial charge in [-0.05, 0) is 25.7 Å². The maximum absolute atomic E-state index is 9.44. The molecule has 0 saturated heterocycles. The summed E-state index contributed by atoms with van der Waals surface area (Å²) in [5.74, 6) is 0. The van der Waals surface area contributed by atoms with E-state index in [0.29, 0.717) is 12.8 Å². The number of hydrogen-bond acceptors (Lipinski definition) is 4. The Kier molecular flexibility index (Phi) is 8.08. The lowest BCUT2D eigenvalue weighted by molar-refractivity contribution is 0.0298. The molecule has 0 radical (unpaired) electrons. The second-order valence-electron chi connectivity index (χ2n) is 3.73. The molecule has 0 aliphatic rings. The molecule has 0 aromatic heterocycles. The van der Waals surface area contributed by atoms with Gasteiger partial charge in [0.1, 0.15) is 0 Å². The lowest BCUT2D eigenvalue weighted by Gasteiger charge is -2.17. The van der Waals surface area contributed by atoms with Gasteiger partial charge in [-0.1, -0.05) is 13.3 Å². The summed E-state index contributed by atoms with van der Waals surface area (Å²) in [6.45, 7) is 1.89. The monoisotopic (exact) mass is 206 g/mol. The summed E-state index contributed by atoms with van der Waals surface area (Å²) in [6, 6.07) is 0. The van der Waals surface area contributed by atoms with Crippen LogP contribution in [0.4, 0.5) is 0 Å². The number of aliphatic hydroxyl groups excluding tert-OH is 4. The summed E-state index contributed by atoms with van der Waals surface area (Å²) in [4.78, 5) is 0. The number of aliphatic hydroxyl groups is 4. The molecule has 0 fully saturated rings. The van der Waals surface area contributed by atoms with Gasteiger partial charge in [0.25, 0.3) is 0 Å². The van der Waals surface area contributed by atoms with Crippen LogP contribution in [0, 0.1) is 0 Å². The summed E-state index contributed by atoms with van der Waals surface area (Å²) in [5, 5.41) is 36.6. The van der Waals surface area contributed by atoms with Crippen LogP contribution >= 0.6 is 0 Å². The molecule has 0 aliphatic carbocycles. The van der Waals surface area contributed by atoms with Crippen molar-refractivity contribution < 1.29 is 20.4 Å². The van der Waals surface area contributed by atoms with Crippen LogP contribution < -0.4 is 0 Å². The highest BCUT2D eigenvalue weighted by Crippen LogP contribution is 2.10. The van der Waals surface area contributed by atoms with Crippen LogP contribution in [0.5, 0.6) is 0 Å². The van der Waals surface area contributed by atoms with Crippen LogP contribution in [-0.4, -0.2) is 45.3 Å². The fraction of sp³-hybridized carbons (Fsp3) is 1.00. The Labute approximate surface area is 85.2 Å². The number of rotatable bonds is 8. The molecule has 0 spiro atoms. The zero-order valence-corrected chi connectivity index (χ0v) is 8.76. The highest BCUT2D eigenvalue weighted by atomic mass is 16.3. The molecule has 0 aromatic carbocycles. The van der Waals surface area contributed by atoms with Crippen LogP contribution in [0.25, 0.3) is 0 Å². The number of hydrogen-bond donors (Lipinski definition) is 4. The van der Waals surface area contributed by atoms with E-state index in [4.69, 9.17) is 5.11 Å². The van der Waals surface area contributed by atoms with E-state index in [1.807, 2.05) is 6.92 Å². The summed E-state index contributed by atoms with van der Waals surface area (Å²) in [7, 11) is 0. The molecule has 0 rings (SSSR count). The smallest absolute Gasteiger partial charge is 0.0589 e. The molecule has 0 aromatic rings. The van der Waals surface area contributed by atoms with Crippen molar-refractivity contribution in [1.29, 1.82) is 0 Å². The minimum absolute atomic E-state index is 0.0780. The van der Waals surface area contributed by atoms with Gasteiger partial charge in [-0.2, -0.15) is 0 Å². The van der Waals surface area contributed by atoms with Crippen molar-refractivity contribution in [2.24, 2.45) is 0 Å². The molecule has 0 aliphatic heterocycles. The Bertz CT molecular complexity index is 115. The predicted molar refractivity (Wildman–Crippen MR) is 53.9 cm³/mol. The molecule has 4 heteroatoms. The van der Waals surface area contributed by atoms with Gasteiger partial charge in [0.2, 0.25) is 0 Å². The van der Waals surface area contributed by atoms with Crippen molar-refractivity contribution in [3.63, 3.8) is 0 Å². The Morgan fingerprint density at radius 2 is 1.36 bits per heavy atom. The van der Waals surface area contributed by atoms with Gasteiger partial charge in [0.15, 0.2) is 0 Å². The van der Waals surface area contributed by atoms with Crippen LogP contribution in [-0.2, 0) is 0 Å². The standard InChI is InChI=1S/C10H22O4/c1-2-3-8(12)6-10(14)7-9(13)4-5-11/h8-14H,2-7H2,1H3/t8-,9+,10+/m1/s1. The quantitative estimate of drug-likeness (QED) is 0.452. The molecule has 4 N–H and O–H groups in total. The normalized spacial score (nSPS) is 17.8. The second-order valence-corrected chi connectivity index (χ2v) is 3.73. The minimum Gasteiger partial charge on any atom is -0.396 e. The van der Waals surface area contributed by atoms with Gasteiger partial charge in [0.05, 0.1) is 18.3 Å². The van der Waals surface area contributed by atoms with E-state index < -0.39 is 18.3 Å². The Morgan fingerprint density at radius 1 is 0.857 bits per heavy atom. The summed E-state index contributed by atoms with van der Waals surface area (Å²) in [5.41, 5.74) is 0. The van der Waals surface area contributed by atoms with E-state index in [2.05, 4.69) is 0 Å². The molecule has 3 atom stereocenters. The Hall–Kier alpha value is -0.160.